The molecular weight excluding hydrogens is 261 g/mol. The molecule has 1 saturated carbocycles. The quantitative estimate of drug-likeness (QED) is 0.901. The Morgan fingerprint density at radius 3 is 2.65 bits per heavy atom. The average Bonchev–Trinajstić information content (AvgIpc) is 2.35. The molecule has 0 radical (unpaired) electrons. The highest BCUT2D eigenvalue weighted by Crippen LogP contribution is 2.38. The number of aliphatic carboxylic acids is 1. The lowest BCUT2D eigenvalue weighted by atomic mass is 9.72. The maximum atomic E-state index is 13.2. The number of hydrogen-bond donors (Lipinski definition) is 1. The minimum Gasteiger partial charge on any atom is -0.481 e. The van der Waals surface area contributed by atoms with Crippen LogP contribution >= 0.6 is 0 Å². The smallest absolute Gasteiger partial charge is 0.307 e. The van der Waals surface area contributed by atoms with E-state index in [4.69, 9.17) is 5.11 Å². The summed E-state index contributed by atoms with van der Waals surface area (Å²) in [5.41, 5.74) is 1.56. The number of hydrogen-bond acceptors (Lipinski definition) is 2. The lowest BCUT2D eigenvalue weighted by Gasteiger charge is -2.38. The number of fused-ring (bicyclic) bond motifs is 1. The fourth-order valence-electron chi connectivity index (χ4n) is 3.09. The number of nitrogens with zero attached hydrogens (tertiary/aromatic N) is 1. The number of aryl methyl sites for hydroxylation is 1. The molecule has 3 rings (SSSR count). The molecule has 1 N–H and O–H groups in total. The first-order valence-electron chi connectivity index (χ1n) is 6.90. The second-order valence-corrected chi connectivity index (χ2v) is 5.50. The van der Waals surface area contributed by atoms with Crippen molar-refractivity contribution in [1.29, 1.82) is 0 Å². The van der Waals surface area contributed by atoms with Gasteiger partial charge in [-0.3, -0.25) is 9.59 Å². The average molecular weight is 277 g/mol. The Labute approximate surface area is 116 Å². The standard InChI is InChI=1S/C15H16FNO3/c16-10-3-6-13-9(8-10)2-1-7-17(13)14(18)11-4-5-12(11)15(19)20/h3,6,8,11-12H,1-2,4-5,7H2,(H,19,20). The molecule has 2 unspecified atom stereocenters. The Kier molecular flexibility index (Phi) is 3.20. The third-order valence-electron chi connectivity index (χ3n) is 4.33. The SMILES string of the molecule is O=C(O)C1CCC1C(=O)N1CCCc2cc(F)ccc21. The van der Waals surface area contributed by atoms with E-state index in [0.717, 1.165) is 24.1 Å². The van der Waals surface area contributed by atoms with Gasteiger partial charge >= 0.3 is 5.97 Å². The molecular formula is C15H16FNO3. The van der Waals surface area contributed by atoms with Gasteiger partial charge in [0, 0.05) is 12.2 Å². The van der Waals surface area contributed by atoms with E-state index in [0.29, 0.717) is 19.4 Å². The van der Waals surface area contributed by atoms with E-state index in [2.05, 4.69) is 0 Å². The highest BCUT2D eigenvalue weighted by molar-refractivity contribution is 5.99. The van der Waals surface area contributed by atoms with Crippen LogP contribution in [-0.4, -0.2) is 23.5 Å². The molecule has 1 aliphatic carbocycles. The van der Waals surface area contributed by atoms with Gasteiger partial charge in [0.15, 0.2) is 0 Å². The van der Waals surface area contributed by atoms with Gasteiger partial charge in [0.25, 0.3) is 0 Å². The van der Waals surface area contributed by atoms with Crippen LogP contribution in [0.5, 0.6) is 0 Å². The van der Waals surface area contributed by atoms with Crippen LogP contribution in [0.1, 0.15) is 24.8 Å². The predicted octanol–water partition coefficient (Wildman–Crippen LogP) is 2.22. The minimum absolute atomic E-state index is 0.129. The molecule has 1 aromatic rings. The third kappa shape index (κ3) is 2.07. The van der Waals surface area contributed by atoms with Gasteiger partial charge < -0.3 is 10.0 Å². The maximum absolute atomic E-state index is 13.2. The number of carboxylic acid groups (broad SMARTS) is 1. The van der Waals surface area contributed by atoms with E-state index >= 15 is 0 Å². The zero-order valence-electron chi connectivity index (χ0n) is 11.0. The van der Waals surface area contributed by atoms with Gasteiger partial charge in [0.05, 0.1) is 11.8 Å². The van der Waals surface area contributed by atoms with Crippen molar-refractivity contribution >= 4 is 17.6 Å². The summed E-state index contributed by atoms with van der Waals surface area (Å²) < 4.78 is 13.2. The summed E-state index contributed by atoms with van der Waals surface area (Å²) in [6, 6.07) is 4.43. The molecule has 1 fully saturated rings. The van der Waals surface area contributed by atoms with Crippen LogP contribution in [0.4, 0.5) is 10.1 Å². The monoisotopic (exact) mass is 277 g/mol. The Morgan fingerprint density at radius 2 is 2.00 bits per heavy atom. The molecule has 0 saturated heterocycles. The second kappa shape index (κ2) is 4.89. The minimum atomic E-state index is -0.897. The molecule has 1 aromatic carbocycles. The van der Waals surface area contributed by atoms with Crippen LogP contribution in [0.2, 0.25) is 0 Å². The van der Waals surface area contributed by atoms with Gasteiger partial charge in [-0.15, -0.1) is 0 Å². The summed E-state index contributed by atoms with van der Waals surface area (Å²) in [6.07, 6.45) is 2.73. The Bertz CT molecular complexity index is 572. The summed E-state index contributed by atoms with van der Waals surface area (Å²) in [5.74, 6) is -2.32. The van der Waals surface area contributed by atoms with Crippen LogP contribution in [0.3, 0.4) is 0 Å². The van der Waals surface area contributed by atoms with Crippen LogP contribution in [0.15, 0.2) is 18.2 Å². The van der Waals surface area contributed by atoms with Crippen molar-refractivity contribution in [3.05, 3.63) is 29.6 Å². The van der Waals surface area contributed by atoms with Crippen molar-refractivity contribution < 1.29 is 19.1 Å². The van der Waals surface area contributed by atoms with E-state index in [1.165, 1.54) is 12.1 Å². The largest absolute Gasteiger partial charge is 0.481 e. The lowest BCUT2D eigenvalue weighted by Crippen LogP contribution is -2.47. The number of rotatable bonds is 2. The van der Waals surface area contributed by atoms with Crippen LogP contribution in [0.25, 0.3) is 0 Å². The highest BCUT2D eigenvalue weighted by atomic mass is 19.1. The molecule has 0 bridgehead atoms. The van der Waals surface area contributed by atoms with Crippen molar-refractivity contribution in [3.63, 3.8) is 0 Å². The topological polar surface area (TPSA) is 57.6 Å². The summed E-state index contributed by atoms with van der Waals surface area (Å²) >= 11 is 0. The molecule has 0 aromatic heterocycles. The zero-order chi connectivity index (χ0) is 14.3. The van der Waals surface area contributed by atoms with Crippen LogP contribution < -0.4 is 4.90 Å². The Balaban J connectivity index is 1.85. The molecule has 2 atom stereocenters. The van der Waals surface area contributed by atoms with Crippen molar-refractivity contribution in [1.82, 2.24) is 0 Å². The molecule has 1 amide bonds. The number of carboxylic acids is 1. The van der Waals surface area contributed by atoms with Gasteiger partial charge in [-0.25, -0.2) is 4.39 Å². The van der Waals surface area contributed by atoms with Crippen molar-refractivity contribution in [2.75, 3.05) is 11.4 Å². The lowest BCUT2D eigenvalue weighted by molar-refractivity contribution is -0.152. The molecule has 1 heterocycles. The highest BCUT2D eigenvalue weighted by Gasteiger charge is 2.43. The maximum Gasteiger partial charge on any atom is 0.307 e. The fourth-order valence-corrected chi connectivity index (χ4v) is 3.09. The molecule has 0 spiro atoms. The fraction of sp³-hybridized carbons (Fsp3) is 0.467. The van der Waals surface area contributed by atoms with Crippen molar-refractivity contribution in [3.8, 4) is 0 Å². The normalized spacial score (nSPS) is 24.8. The number of anilines is 1. The van der Waals surface area contributed by atoms with E-state index < -0.39 is 17.8 Å². The van der Waals surface area contributed by atoms with E-state index in [9.17, 15) is 14.0 Å². The van der Waals surface area contributed by atoms with Crippen LogP contribution in [-0.2, 0) is 16.0 Å². The van der Waals surface area contributed by atoms with E-state index in [1.54, 1.807) is 11.0 Å². The first-order chi connectivity index (χ1) is 9.58. The van der Waals surface area contributed by atoms with Gasteiger partial charge in [0.2, 0.25) is 5.91 Å². The number of carbonyl (C=O) groups excluding carboxylic acids is 1. The number of amides is 1. The predicted molar refractivity (Wildman–Crippen MR) is 70.9 cm³/mol. The first kappa shape index (κ1) is 13.1. The molecule has 106 valence electrons. The second-order valence-electron chi connectivity index (χ2n) is 5.50. The van der Waals surface area contributed by atoms with Gasteiger partial charge in [-0.1, -0.05) is 0 Å². The van der Waals surface area contributed by atoms with E-state index in [-0.39, 0.29) is 11.7 Å². The van der Waals surface area contributed by atoms with Gasteiger partial charge in [-0.05, 0) is 49.4 Å². The molecule has 4 nitrogen and oxygen atoms in total. The number of carbonyl (C=O) groups is 2. The molecule has 20 heavy (non-hydrogen) atoms. The van der Waals surface area contributed by atoms with E-state index in [1.807, 2.05) is 0 Å². The zero-order valence-corrected chi connectivity index (χ0v) is 11.0. The Morgan fingerprint density at radius 1 is 1.25 bits per heavy atom. The van der Waals surface area contributed by atoms with Crippen molar-refractivity contribution in [2.24, 2.45) is 11.8 Å². The molecule has 2 aliphatic rings. The van der Waals surface area contributed by atoms with Crippen molar-refractivity contribution in [2.45, 2.75) is 25.7 Å². The summed E-state index contributed by atoms with van der Waals surface area (Å²) in [4.78, 5) is 25.2. The first-order valence-corrected chi connectivity index (χ1v) is 6.90. The third-order valence-corrected chi connectivity index (χ3v) is 4.33. The number of benzene rings is 1. The Hall–Kier alpha value is -1.91. The summed E-state index contributed by atoms with van der Waals surface area (Å²) in [6.45, 7) is 0.584. The molecule has 1 aliphatic heterocycles. The van der Waals surface area contributed by atoms with Crippen LogP contribution in [0, 0.1) is 17.7 Å². The summed E-state index contributed by atoms with van der Waals surface area (Å²) in [7, 11) is 0. The molecule has 5 heteroatoms. The summed E-state index contributed by atoms with van der Waals surface area (Å²) in [5, 5.41) is 9.06. The van der Waals surface area contributed by atoms with Gasteiger partial charge in [0.1, 0.15) is 5.82 Å². The number of halogens is 1. The van der Waals surface area contributed by atoms with Gasteiger partial charge in [-0.2, -0.15) is 0 Å².